The van der Waals surface area contributed by atoms with Gasteiger partial charge >= 0.3 is 5.69 Å². The van der Waals surface area contributed by atoms with Gasteiger partial charge in [0.25, 0.3) is 5.91 Å². The van der Waals surface area contributed by atoms with Crippen LogP contribution in [-0.2, 0) is 0 Å². The highest BCUT2D eigenvalue weighted by atomic mass is 16.3. The lowest BCUT2D eigenvalue weighted by atomic mass is 10.2. The fourth-order valence-corrected chi connectivity index (χ4v) is 0.994. The molecule has 1 aromatic rings. The van der Waals surface area contributed by atoms with Crippen LogP contribution in [0.1, 0.15) is 23.8 Å². The number of carbonyl (C=O) groups is 1. The highest BCUT2D eigenvalue weighted by molar-refractivity contribution is 5.92. The number of rotatable bonds is 4. The van der Waals surface area contributed by atoms with Gasteiger partial charge in [0, 0.05) is 6.20 Å². The summed E-state index contributed by atoms with van der Waals surface area (Å²) in [5.74, 6) is -0.399. The summed E-state index contributed by atoms with van der Waals surface area (Å²) >= 11 is 0. The van der Waals surface area contributed by atoms with Gasteiger partial charge in [-0.15, -0.1) is 0 Å². The van der Waals surface area contributed by atoms with Crippen molar-refractivity contribution in [1.29, 1.82) is 0 Å². The quantitative estimate of drug-likeness (QED) is 0.511. The second-order valence-electron chi connectivity index (χ2n) is 2.92. The maximum atomic E-state index is 11.4. The van der Waals surface area contributed by atoms with E-state index in [2.05, 4.69) is 15.3 Å². The molecule has 0 bridgehead atoms. The standard InChI is InChI=1S/C8H13N3O3/c1-2-5(4-12)10-7(13)6-3-9-8(14)11-6/h3,5,12H,2,4H2,1H3,(H,10,13)(H2,9,11,14). The zero-order valence-electron chi connectivity index (χ0n) is 7.83. The number of hydrogen-bond acceptors (Lipinski definition) is 3. The van der Waals surface area contributed by atoms with Crippen molar-refractivity contribution in [2.75, 3.05) is 6.61 Å². The summed E-state index contributed by atoms with van der Waals surface area (Å²) < 4.78 is 0. The Morgan fingerprint density at radius 3 is 2.86 bits per heavy atom. The normalized spacial score (nSPS) is 12.4. The van der Waals surface area contributed by atoms with E-state index in [9.17, 15) is 9.59 Å². The van der Waals surface area contributed by atoms with Crippen LogP contribution in [0.3, 0.4) is 0 Å². The highest BCUT2D eigenvalue weighted by Gasteiger charge is 2.12. The van der Waals surface area contributed by atoms with Crippen molar-refractivity contribution in [3.8, 4) is 0 Å². The SMILES string of the molecule is CCC(CO)NC(=O)c1c[nH]c(=O)[nH]1. The van der Waals surface area contributed by atoms with E-state index in [0.29, 0.717) is 6.42 Å². The van der Waals surface area contributed by atoms with Gasteiger partial charge in [-0.25, -0.2) is 4.79 Å². The average Bonchev–Trinajstić information content (AvgIpc) is 2.61. The third-order valence-electron chi connectivity index (χ3n) is 1.89. The first-order valence-corrected chi connectivity index (χ1v) is 4.36. The molecule has 0 aliphatic rings. The Morgan fingerprint density at radius 2 is 2.43 bits per heavy atom. The number of H-pyrrole nitrogens is 2. The maximum Gasteiger partial charge on any atom is 0.323 e. The molecule has 1 rings (SSSR count). The number of imidazole rings is 1. The molecule has 14 heavy (non-hydrogen) atoms. The van der Waals surface area contributed by atoms with E-state index in [-0.39, 0.29) is 18.3 Å². The molecule has 0 saturated heterocycles. The first-order chi connectivity index (χ1) is 6.67. The van der Waals surface area contributed by atoms with Crippen molar-refractivity contribution in [1.82, 2.24) is 15.3 Å². The van der Waals surface area contributed by atoms with Crippen LogP contribution < -0.4 is 11.0 Å². The predicted molar refractivity (Wildman–Crippen MR) is 50.0 cm³/mol. The lowest BCUT2D eigenvalue weighted by Crippen LogP contribution is -2.37. The van der Waals surface area contributed by atoms with Crippen molar-refractivity contribution in [3.05, 3.63) is 22.4 Å². The zero-order chi connectivity index (χ0) is 10.6. The fourth-order valence-electron chi connectivity index (χ4n) is 0.994. The highest BCUT2D eigenvalue weighted by Crippen LogP contribution is 1.93. The van der Waals surface area contributed by atoms with Gasteiger partial charge < -0.3 is 20.4 Å². The summed E-state index contributed by atoms with van der Waals surface area (Å²) in [7, 11) is 0. The second kappa shape index (κ2) is 4.61. The van der Waals surface area contributed by atoms with E-state index < -0.39 is 11.6 Å². The van der Waals surface area contributed by atoms with Gasteiger partial charge in [0.05, 0.1) is 12.6 Å². The summed E-state index contributed by atoms with van der Waals surface area (Å²) in [6.45, 7) is 1.73. The molecule has 0 aliphatic carbocycles. The van der Waals surface area contributed by atoms with E-state index in [1.54, 1.807) is 0 Å². The monoisotopic (exact) mass is 199 g/mol. The Balaban J connectivity index is 2.62. The van der Waals surface area contributed by atoms with Crippen molar-refractivity contribution >= 4 is 5.91 Å². The molecule has 0 fully saturated rings. The van der Waals surface area contributed by atoms with E-state index in [0.717, 1.165) is 0 Å². The molecule has 0 aromatic carbocycles. The molecule has 6 nitrogen and oxygen atoms in total. The summed E-state index contributed by atoms with van der Waals surface area (Å²) in [5, 5.41) is 11.4. The van der Waals surface area contributed by atoms with Crippen molar-refractivity contribution < 1.29 is 9.90 Å². The van der Waals surface area contributed by atoms with Crippen molar-refractivity contribution in [2.24, 2.45) is 0 Å². The Morgan fingerprint density at radius 1 is 1.71 bits per heavy atom. The molecule has 1 heterocycles. The van der Waals surface area contributed by atoms with Crippen LogP contribution in [0.5, 0.6) is 0 Å². The first kappa shape index (κ1) is 10.5. The number of nitrogens with one attached hydrogen (secondary N) is 3. The molecule has 0 aliphatic heterocycles. The van der Waals surface area contributed by atoms with E-state index >= 15 is 0 Å². The summed E-state index contributed by atoms with van der Waals surface area (Å²) in [5.41, 5.74) is -0.255. The average molecular weight is 199 g/mol. The fraction of sp³-hybridized carbons (Fsp3) is 0.500. The number of aliphatic hydroxyl groups excluding tert-OH is 1. The Kier molecular flexibility index (Phi) is 3.47. The Bertz CT molecular complexity index is 351. The molecule has 1 amide bonds. The van der Waals surface area contributed by atoms with Crippen LogP contribution in [-0.4, -0.2) is 33.6 Å². The lowest BCUT2D eigenvalue weighted by molar-refractivity contribution is 0.0910. The van der Waals surface area contributed by atoms with Crippen molar-refractivity contribution in [2.45, 2.75) is 19.4 Å². The molecular formula is C8H13N3O3. The number of hydrogen-bond donors (Lipinski definition) is 4. The van der Waals surface area contributed by atoms with E-state index in [1.807, 2.05) is 6.92 Å². The smallest absolute Gasteiger partial charge is 0.323 e. The van der Waals surface area contributed by atoms with Crippen LogP contribution in [0.15, 0.2) is 11.0 Å². The zero-order valence-corrected chi connectivity index (χ0v) is 7.83. The van der Waals surface area contributed by atoms with E-state index in [1.165, 1.54) is 6.20 Å². The molecule has 1 aromatic heterocycles. The lowest BCUT2D eigenvalue weighted by Gasteiger charge is -2.12. The minimum Gasteiger partial charge on any atom is -0.394 e. The van der Waals surface area contributed by atoms with Gasteiger partial charge in [0.1, 0.15) is 5.69 Å². The Hall–Kier alpha value is -1.56. The third kappa shape index (κ3) is 2.46. The van der Waals surface area contributed by atoms with Crippen LogP contribution in [0.25, 0.3) is 0 Å². The van der Waals surface area contributed by atoms with Crippen LogP contribution >= 0.6 is 0 Å². The predicted octanol–water partition coefficient (Wildman–Crippen LogP) is -0.796. The van der Waals surface area contributed by atoms with Gasteiger partial charge in [-0.3, -0.25) is 4.79 Å². The molecular weight excluding hydrogens is 186 g/mol. The number of aromatic amines is 2. The minimum atomic E-state index is -0.424. The topological polar surface area (TPSA) is 98.0 Å². The number of amides is 1. The van der Waals surface area contributed by atoms with Crippen LogP contribution in [0.4, 0.5) is 0 Å². The minimum absolute atomic E-state index is 0.114. The number of aliphatic hydroxyl groups is 1. The van der Waals surface area contributed by atoms with E-state index in [4.69, 9.17) is 5.11 Å². The molecule has 1 unspecified atom stereocenters. The second-order valence-corrected chi connectivity index (χ2v) is 2.92. The molecule has 4 N–H and O–H groups in total. The first-order valence-electron chi connectivity index (χ1n) is 4.36. The van der Waals surface area contributed by atoms with Gasteiger partial charge in [-0.1, -0.05) is 6.92 Å². The molecule has 0 saturated carbocycles. The number of carbonyl (C=O) groups excluding carboxylic acids is 1. The maximum absolute atomic E-state index is 11.4. The van der Waals surface area contributed by atoms with Gasteiger partial charge in [-0.05, 0) is 6.42 Å². The van der Waals surface area contributed by atoms with Crippen molar-refractivity contribution in [3.63, 3.8) is 0 Å². The van der Waals surface area contributed by atoms with Gasteiger partial charge in [0.15, 0.2) is 0 Å². The summed E-state index contributed by atoms with van der Waals surface area (Å²) in [6.07, 6.45) is 1.93. The molecule has 78 valence electrons. The molecule has 6 heteroatoms. The third-order valence-corrected chi connectivity index (χ3v) is 1.89. The molecule has 1 atom stereocenters. The summed E-state index contributed by atoms with van der Waals surface area (Å²) in [4.78, 5) is 26.7. The summed E-state index contributed by atoms with van der Waals surface area (Å²) in [6, 6.07) is -0.277. The van der Waals surface area contributed by atoms with Crippen LogP contribution in [0, 0.1) is 0 Å². The largest absolute Gasteiger partial charge is 0.394 e. The van der Waals surface area contributed by atoms with Gasteiger partial charge in [-0.2, -0.15) is 0 Å². The molecule has 0 radical (unpaired) electrons. The number of aromatic nitrogens is 2. The van der Waals surface area contributed by atoms with Gasteiger partial charge in [0.2, 0.25) is 0 Å². The molecule has 0 spiro atoms. The van der Waals surface area contributed by atoms with Crippen LogP contribution in [0.2, 0.25) is 0 Å². The Labute approximate surface area is 80.4 Å².